The summed E-state index contributed by atoms with van der Waals surface area (Å²) >= 11 is 0. The van der Waals surface area contributed by atoms with Crippen LogP contribution in [-0.4, -0.2) is 25.5 Å². The predicted molar refractivity (Wildman–Crippen MR) is 75.1 cm³/mol. The van der Waals surface area contributed by atoms with E-state index >= 15 is 0 Å². The van der Waals surface area contributed by atoms with Gasteiger partial charge in [-0.2, -0.15) is 0 Å². The van der Waals surface area contributed by atoms with E-state index < -0.39 is 16.0 Å². The van der Waals surface area contributed by atoms with Crippen LogP contribution in [0.3, 0.4) is 0 Å². The quantitative estimate of drug-likeness (QED) is 0.891. The molecular formula is C14H19NO4S. The summed E-state index contributed by atoms with van der Waals surface area (Å²) in [5.74, 6) is -1.08. The van der Waals surface area contributed by atoms with Crippen molar-refractivity contribution >= 4 is 16.0 Å². The van der Waals surface area contributed by atoms with Gasteiger partial charge in [-0.25, -0.2) is 17.9 Å². The van der Waals surface area contributed by atoms with Crippen LogP contribution in [0.1, 0.15) is 38.1 Å². The topological polar surface area (TPSA) is 83.5 Å². The van der Waals surface area contributed by atoms with Crippen molar-refractivity contribution in [3.63, 3.8) is 0 Å². The zero-order valence-electron chi connectivity index (χ0n) is 12.0. The Bertz CT molecular complexity index is 630. The third-order valence-electron chi connectivity index (χ3n) is 4.71. The number of aromatic carboxylic acids is 1. The number of rotatable bonds is 4. The normalized spacial score (nSPS) is 20.6. The molecule has 2 rings (SSSR count). The number of carbonyl (C=O) groups is 1. The van der Waals surface area contributed by atoms with Gasteiger partial charge in [0.2, 0.25) is 10.0 Å². The molecule has 1 aromatic rings. The van der Waals surface area contributed by atoms with E-state index in [1.54, 1.807) is 0 Å². The van der Waals surface area contributed by atoms with Gasteiger partial charge in [0.05, 0.1) is 10.5 Å². The first-order valence-corrected chi connectivity index (χ1v) is 7.84. The van der Waals surface area contributed by atoms with Gasteiger partial charge in [-0.05, 0) is 35.1 Å². The number of sulfonamides is 1. The first-order valence-electron chi connectivity index (χ1n) is 6.36. The molecule has 0 radical (unpaired) electrons. The molecule has 1 aromatic carbocycles. The summed E-state index contributed by atoms with van der Waals surface area (Å²) in [6.45, 7) is 8.09. The third kappa shape index (κ3) is 2.23. The smallest absolute Gasteiger partial charge is 0.335 e. The Morgan fingerprint density at radius 3 is 1.90 bits per heavy atom. The van der Waals surface area contributed by atoms with Crippen molar-refractivity contribution in [1.82, 2.24) is 4.72 Å². The highest BCUT2D eigenvalue weighted by Crippen LogP contribution is 2.62. The van der Waals surface area contributed by atoms with E-state index in [2.05, 4.69) is 4.72 Å². The molecule has 0 aliphatic heterocycles. The molecule has 0 saturated heterocycles. The average molecular weight is 297 g/mol. The van der Waals surface area contributed by atoms with Crippen LogP contribution in [-0.2, 0) is 10.0 Å². The van der Waals surface area contributed by atoms with Crippen LogP contribution in [0.15, 0.2) is 29.2 Å². The lowest BCUT2D eigenvalue weighted by atomic mass is 10.0. The number of nitrogens with one attached hydrogen (secondary N) is 1. The summed E-state index contributed by atoms with van der Waals surface area (Å²) in [5.41, 5.74) is -0.127. The maximum atomic E-state index is 12.3. The predicted octanol–water partition coefficient (Wildman–Crippen LogP) is 2.10. The molecule has 2 N–H and O–H groups in total. The summed E-state index contributed by atoms with van der Waals surface area (Å²) in [4.78, 5) is 10.8. The molecule has 1 saturated carbocycles. The fourth-order valence-corrected chi connectivity index (χ4v) is 4.02. The van der Waals surface area contributed by atoms with Gasteiger partial charge in [0.15, 0.2) is 0 Å². The molecule has 0 heterocycles. The molecule has 0 unspecified atom stereocenters. The molecule has 0 aromatic heterocycles. The second-order valence-electron chi connectivity index (χ2n) is 6.33. The van der Waals surface area contributed by atoms with E-state index in [4.69, 9.17) is 5.11 Å². The highest BCUT2D eigenvalue weighted by Gasteiger charge is 2.65. The Hall–Kier alpha value is -1.40. The first kappa shape index (κ1) is 15.0. The lowest BCUT2D eigenvalue weighted by Gasteiger charge is -2.08. The van der Waals surface area contributed by atoms with Crippen LogP contribution in [0.2, 0.25) is 0 Å². The molecule has 6 heteroatoms. The molecule has 0 bridgehead atoms. The van der Waals surface area contributed by atoms with E-state index in [9.17, 15) is 13.2 Å². The lowest BCUT2D eigenvalue weighted by molar-refractivity contribution is 0.0696. The van der Waals surface area contributed by atoms with E-state index in [1.165, 1.54) is 24.3 Å². The lowest BCUT2D eigenvalue weighted by Crippen LogP contribution is -2.29. The number of carboxylic acids is 1. The second-order valence-corrected chi connectivity index (χ2v) is 8.04. The first-order chi connectivity index (χ1) is 9.00. The minimum Gasteiger partial charge on any atom is -0.478 e. The van der Waals surface area contributed by atoms with Crippen LogP contribution in [0, 0.1) is 10.8 Å². The highest BCUT2D eigenvalue weighted by atomic mass is 32.2. The number of hydrogen-bond donors (Lipinski definition) is 2. The van der Waals surface area contributed by atoms with Crippen molar-refractivity contribution in [3.8, 4) is 0 Å². The van der Waals surface area contributed by atoms with Gasteiger partial charge >= 0.3 is 5.97 Å². The van der Waals surface area contributed by atoms with Crippen molar-refractivity contribution in [2.24, 2.45) is 10.8 Å². The van der Waals surface area contributed by atoms with E-state index in [-0.39, 0.29) is 27.3 Å². The number of carboxylic acid groups (broad SMARTS) is 1. The average Bonchev–Trinajstić information content (AvgIpc) is 2.71. The minimum atomic E-state index is -3.62. The van der Waals surface area contributed by atoms with Crippen molar-refractivity contribution < 1.29 is 18.3 Å². The van der Waals surface area contributed by atoms with E-state index in [1.807, 2.05) is 27.7 Å². The number of hydrogen-bond acceptors (Lipinski definition) is 3. The Balaban J connectivity index is 2.22. The van der Waals surface area contributed by atoms with Gasteiger partial charge in [-0.3, -0.25) is 0 Å². The van der Waals surface area contributed by atoms with Crippen LogP contribution >= 0.6 is 0 Å². The molecular weight excluding hydrogens is 278 g/mol. The van der Waals surface area contributed by atoms with Crippen molar-refractivity contribution in [1.29, 1.82) is 0 Å². The summed E-state index contributed by atoms with van der Waals surface area (Å²) < 4.78 is 27.3. The standard InChI is InChI=1S/C14H19NO4S/c1-13(2)12(14(13,3)4)15-20(18,19)10-7-5-9(6-8-10)11(16)17/h5-8,12,15H,1-4H3,(H,16,17). The zero-order chi connectivity index (χ0) is 15.3. The van der Waals surface area contributed by atoms with Gasteiger partial charge in [0.25, 0.3) is 0 Å². The molecule has 1 fully saturated rings. The molecule has 110 valence electrons. The van der Waals surface area contributed by atoms with Crippen molar-refractivity contribution in [3.05, 3.63) is 29.8 Å². The van der Waals surface area contributed by atoms with Gasteiger partial charge in [0, 0.05) is 6.04 Å². The van der Waals surface area contributed by atoms with Crippen LogP contribution in [0.5, 0.6) is 0 Å². The Kier molecular flexibility index (Phi) is 3.22. The fourth-order valence-electron chi connectivity index (χ4n) is 2.49. The third-order valence-corrected chi connectivity index (χ3v) is 6.14. The summed E-state index contributed by atoms with van der Waals surface area (Å²) in [6.07, 6.45) is 0. The maximum Gasteiger partial charge on any atom is 0.335 e. The zero-order valence-corrected chi connectivity index (χ0v) is 12.8. The molecule has 1 aliphatic rings. The van der Waals surface area contributed by atoms with Crippen LogP contribution in [0.4, 0.5) is 0 Å². The largest absolute Gasteiger partial charge is 0.478 e. The van der Waals surface area contributed by atoms with Crippen LogP contribution < -0.4 is 4.72 Å². The van der Waals surface area contributed by atoms with Crippen LogP contribution in [0.25, 0.3) is 0 Å². The Labute approximate surface area is 119 Å². The van der Waals surface area contributed by atoms with E-state index in [0.29, 0.717) is 0 Å². The number of benzene rings is 1. The molecule has 0 atom stereocenters. The maximum absolute atomic E-state index is 12.3. The highest BCUT2D eigenvalue weighted by molar-refractivity contribution is 7.89. The Morgan fingerprint density at radius 2 is 1.55 bits per heavy atom. The monoisotopic (exact) mass is 297 g/mol. The summed E-state index contributed by atoms with van der Waals surface area (Å²) in [7, 11) is -3.62. The van der Waals surface area contributed by atoms with Gasteiger partial charge in [-0.15, -0.1) is 0 Å². The summed E-state index contributed by atoms with van der Waals surface area (Å²) in [5, 5.41) is 8.81. The molecule has 20 heavy (non-hydrogen) atoms. The molecule has 5 nitrogen and oxygen atoms in total. The fraction of sp³-hybridized carbons (Fsp3) is 0.500. The molecule has 0 spiro atoms. The van der Waals surface area contributed by atoms with Crippen molar-refractivity contribution in [2.75, 3.05) is 0 Å². The minimum absolute atomic E-state index is 0.0658. The molecule has 1 aliphatic carbocycles. The second kappa shape index (κ2) is 4.30. The van der Waals surface area contributed by atoms with E-state index in [0.717, 1.165) is 0 Å². The van der Waals surface area contributed by atoms with Crippen molar-refractivity contribution in [2.45, 2.75) is 38.6 Å². The summed E-state index contributed by atoms with van der Waals surface area (Å²) in [6, 6.07) is 5.09. The van der Waals surface area contributed by atoms with Gasteiger partial charge in [-0.1, -0.05) is 27.7 Å². The molecule has 0 amide bonds. The van der Waals surface area contributed by atoms with Gasteiger partial charge < -0.3 is 5.11 Å². The van der Waals surface area contributed by atoms with Gasteiger partial charge in [0.1, 0.15) is 0 Å². The SMILES string of the molecule is CC1(C)C(NS(=O)(=O)c2ccc(C(=O)O)cc2)C1(C)C. The Morgan fingerprint density at radius 1 is 1.10 bits per heavy atom.